The van der Waals surface area contributed by atoms with Gasteiger partial charge in [-0.25, -0.2) is 4.98 Å². The fourth-order valence-electron chi connectivity index (χ4n) is 2.69. The normalized spacial score (nSPS) is 31.7. The SMILES string of the molecule is CC1CC(C)CC(NCc2nccs2)C1. The topological polar surface area (TPSA) is 24.9 Å². The van der Waals surface area contributed by atoms with Crippen LogP contribution in [0.4, 0.5) is 0 Å². The van der Waals surface area contributed by atoms with Crippen LogP contribution >= 0.6 is 11.3 Å². The molecule has 1 fully saturated rings. The Labute approximate surface area is 96.1 Å². The van der Waals surface area contributed by atoms with E-state index in [0.717, 1.165) is 18.4 Å². The Hall–Kier alpha value is -0.410. The third-order valence-corrected chi connectivity index (χ3v) is 3.98. The minimum atomic E-state index is 0.702. The van der Waals surface area contributed by atoms with Gasteiger partial charge in [0.15, 0.2) is 0 Å². The van der Waals surface area contributed by atoms with E-state index < -0.39 is 0 Å². The summed E-state index contributed by atoms with van der Waals surface area (Å²) in [6.07, 6.45) is 5.94. The Kier molecular flexibility index (Phi) is 3.76. The summed E-state index contributed by atoms with van der Waals surface area (Å²) in [5.74, 6) is 1.75. The number of nitrogens with one attached hydrogen (secondary N) is 1. The summed E-state index contributed by atoms with van der Waals surface area (Å²) >= 11 is 1.74. The number of nitrogens with zero attached hydrogens (tertiary/aromatic N) is 1. The van der Waals surface area contributed by atoms with Gasteiger partial charge in [-0.05, 0) is 31.1 Å². The molecule has 0 aromatic carbocycles. The maximum atomic E-state index is 4.29. The molecule has 1 aromatic heterocycles. The molecule has 0 radical (unpaired) electrons. The van der Waals surface area contributed by atoms with Crippen molar-refractivity contribution in [2.24, 2.45) is 11.8 Å². The molecule has 2 rings (SSSR count). The summed E-state index contributed by atoms with van der Waals surface area (Å²) in [5.41, 5.74) is 0. The number of aromatic nitrogens is 1. The maximum absolute atomic E-state index is 4.29. The van der Waals surface area contributed by atoms with Gasteiger partial charge in [-0.3, -0.25) is 0 Å². The van der Waals surface area contributed by atoms with Crippen molar-refractivity contribution in [3.05, 3.63) is 16.6 Å². The fourth-order valence-corrected chi connectivity index (χ4v) is 3.25. The second kappa shape index (κ2) is 5.08. The zero-order valence-corrected chi connectivity index (χ0v) is 10.4. The molecule has 2 unspecified atom stereocenters. The van der Waals surface area contributed by atoms with Gasteiger partial charge in [0.2, 0.25) is 0 Å². The maximum Gasteiger partial charge on any atom is 0.106 e. The first-order valence-electron chi connectivity index (χ1n) is 5.85. The highest BCUT2D eigenvalue weighted by molar-refractivity contribution is 7.09. The highest BCUT2D eigenvalue weighted by Crippen LogP contribution is 2.28. The smallest absolute Gasteiger partial charge is 0.106 e. The van der Waals surface area contributed by atoms with Gasteiger partial charge in [0.25, 0.3) is 0 Å². The van der Waals surface area contributed by atoms with Crippen LogP contribution in [0.5, 0.6) is 0 Å². The summed E-state index contributed by atoms with van der Waals surface area (Å²) in [6.45, 7) is 5.68. The standard InChI is InChI=1S/C12H20N2S/c1-9-5-10(2)7-11(6-9)14-8-12-13-3-4-15-12/h3-4,9-11,14H,5-8H2,1-2H3. The Balaban J connectivity index is 1.79. The number of rotatable bonds is 3. The van der Waals surface area contributed by atoms with E-state index in [9.17, 15) is 0 Å². The number of hydrogen-bond donors (Lipinski definition) is 1. The van der Waals surface area contributed by atoms with E-state index >= 15 is 0 Å². The van der Waals surface area contributed by atoms with Crippen LogP contribution in [-0.2, 0) is 6.54 Å². The zero-order chi connectivity index (χ0) is 10.7. The van der Waals surface area contributed by atoms with Crippen LogP contribution in [-0.4, -0.2) is 11.0 Å². The molecule has 2 nitrogen and oxygen atoms in total. The lowest BCUT2D eigenvalue weighted by Crippen LogP contribution is -2.35. The van der Waals surface area contributed by atoms with Gasteiger partial charge in [-0.2, -0.15) is 0 Å². The van der Waals surface area contributed by atoms with Crippen LogP contribution in [0, 0.1) is 11.8 Å². The van der Waals surface area contributed by atoms with E-state index in [-0.39, 0.29) is 0 Å². The molecule has 0 spiro atoms. The summed E-state index contributed by atoms with van der Waals surface area (Å²) in [7, 11) is 0. The molecule has 1 N–H and O–H groups in total. The van der Waals surface area contributed by atoms with E-state index in [1.807, 2.05) is 11.6 Å². The van der Waals surface area contributed by atoms with E-state index in [1.165, 1.54) is 24.3 Å². The third-order valence-electron chi connectivity index (χ3n) is 3.20. The van der Waals surface area contributed by atoms with Crippen molar-refractivity contribution in [3.8, 4) is 0 Å². The van der Waals surface area contributed by atoms with E-state index in [2.05, 4.69) is 24.1 Å². The molecule has 0 bridgehead atoms. The molecule has 1 saturated carbocycles. The summed E-state index contributed by atoms with van der Waals surface area (Å²) in [5, 5.41) is 6.89. The van der Waals surface area contributed by atoms with Crippen molar-refractivity contribution in [1.82, 2.24) is 10.3 Å². The third kappa shape index (κ3) is 3.28. The molecule has 0 saturated heterocycles. The Bertz CT molecular complexity index is 274. The first-order chi connectivity index (χ1) is 7.24. The molecule has 15 heavy (non-hydrogen) atoms. The first-order valence-corrected chi connectivity index (χ1v) is 6.73. The summed E-state index contributed by atoms with van der Waals surface area (Å²) in [6, 6.07) is 0.702. The number of thiazole rings is 1. The quantitative estimate of drug-likeness (QED) is 0.853. The average molecular weight is 224 g/mol. The van der Waals surface area contributed by atoms with Crippen LogP contribution in [0.2, 0.25) is 0 Å². The van der Waals surface area contributed by atoms with Crippen molar-refractivity contribution in [2.75, 3.05) is 0 Å². The summed E-state index contributed by atoms with van der Waals surface area (Å²) < 4.78 is 0. The minimum Gasteiger partial charge on any atom is -0.308 e. The predicted octanol–water partition coefficient (Wildman–Crippen LogP) is 3.06. The van der Waals surface area contributed by atoms with Crippen LogP contribution in [0.15, 0.2) is 11.6 Å². The highest BCUT2D eigenvalue weighted by Gasteiger charge is 2.23. The van der Waals surface area contributed by atoms with Gasteiger partial charge in [0.05, 0.1) is 0 Å². The van der Waals surface area contributed by atoms with Crippen LogP contribution < -0.4 is 5.32 Å². The van der Waals surface area contributed by atoms with E-state index in [4.69, 9.17) is 0 Å². The van der Waals surface area contributed by atoms with Crippen LogP contribution in [0.1, 0.15) is 38.1 Å². The molecule has 0 aliphatic heterocycles. The molecule has 84 valence electrons. The minimum absolute atomic E-state index is 0.702. The molecular weight excluding hydrogens is 204 g/mol. The van der Waals surface area contributed by atoms with Crippen molar-refractivity contribution < 1.29 is 0 Å². The predicted molar refractivity (Wildman–Crippen MR) is 64.9 cm³/mol. The lowest BCUT2D eigenvalue weighted by Gasteiger charge is -2.31. The average Bonchev–Trinajstić information content (AvgIpc) is 2.65. The van der Waals surface area contributed by atoms with Gasteiger partial charge in [0, 0.05) is 24.2 Å². The molecule has 1 aliphatic carbocycles. The Morgan fingerprint density at radius 3 is 2.67 bits per heavy atom. The number of hydrogen-bond acceptors (Lipinski definition) is 3. The van der Waals surface area contributed by atoms with Crippen LogP contribution in [0.3, 0.4) is 0 Å². The van der Waals surface area contributed by atoms with Gasteiger partial charge in [0.1, 0.15) is 5.01 Å². The highest BCUT2D eigenvalue weighted by atomic mass is 32.1. The molecule has 0 amide bonds. The van der Waals surface area contributed by atoms with Crippen LogP contribution in [0.25, 0.3) is 0 Å². The van der Waals surface area contributed by atoms with Gasteiger partial charge in [-0.1, -0.05) is 13.8 Å². The van der Waals surface area contributed by atoms with E-state index in [0.29, 0.717) is 6.04 Å². The molecule has 3 heteroatoms. The first kappa shape index (κ1) is 11.1. The second-order valence-electron chi connectivity index (χ2n) is 4.92. The molecular formula is C12H20N2S. The zero-order valence-electron chi connectivity index (χ0n) is 9.57. The lowest BCUT2D eigenvalue weighted by molar-refractivity contribution is 0.238. The van der Waals surface area contributed by atoms with Gasteiger partial charge >= 0.3 is 0 Å². The van der Waals surface area contributed by atoms with E-state index in [1.54, 1.807) is 11.3 Å². The molecule has 1 aromatic rings. The van der Waals surface area contributed by atoms with Crippen molar-refractivity contribution >= 4 is 11.3 Å². The fraction of sp³-hybridized carbons (Fsp3) is 0.750. The van der Waals surface area contributed by atoms with Crippen molar-refractivity contribution in [3.63, 3.8) is 0 Å². The Morgan fingerprint density at radius 2 is 2.07 bits per heavy atom. The van der Waals surface area contributed by atoms with Gasteiger partial charge in [-0.15, -0.1) is 11.3 Å². The monoisotopic (exact) mass is 224 g/mol. The second-order valence-corrected chi connectivity index (χ2v) is 5.90. The molecule has 2 atom stereocenters. The molecule has 1 aliphatic rings. The lowest BCUT2D eigenvalue weighted by atomic mass is 9.80. The summed E-state index contributed by atoms with van der Waals surface area (Å²) in [4.78, 5) is 4.29. The van der Waals surface area contributed by atoms with Crippen molar-refractivity contribution in [1.29, 1.82) is 0 Å². The molecule has 1 heterocycles. The Morgan fingerprint density at radius 1 is 1.33 bits per heavy atom. The largest absolute Gasteiger partial charge is 0.308 e. The van der Waals surface area contributed by atoms with Gasteiger partial charge < -0.3 is 5.32 Å². The van der Waals surface area contributed by atoms with Crippen molar-refractivity contribution in [2.45, 2.75) is 45.7 Å².